The Labute approximate surface area is 390 Å². The highest BCUT2D eigenvalue weighted by molar-refractivity contribution is 6.64. The molecule has 13 heteroatoms. The third kappa shape index (κ3) is 13.5. The summed E-state index contributed by atoms with van der Waals surface area (Å²) < 4.78 is 10.6. The fourth-order valence-corrected chi connectivity index (χ4v) is 8.01. The number of benzene rings is 4. The van der Waals surface area contributed by atoms with Gasteiger partial charge in [0.1, 0.15) is 29.6 Å². The molecule has 8 rings (SSSR count). The zero-order valence-corrected chi connectivity index (χ0v) is 37.0. The third-order valence-corrected chi connectivity index (χ3v) is 11.6. The minimum Gasteiger partial charge on any atom is -0.445 e. The van der Waals surface area contributed by atoms with Crippen LogP contribution in [0.15, 0.2) is 146 Å². The number of amides is 2. The zero-order chi connectivity index (χ0) is 44.6. The Kier molecular flexibility index (Phi) is 18.9. The molecule has 0 aliphatic carbocycles. The number of likely N-dealkylation sites (tertiary alicyclic amines) is 2. The van der Waals surface area contributed by atoms with E-state index >= 15 is 0 Å². The van der Waals surface area contributed by atoms with Crippen LogP contribution in [0.3, 0.4) is 0 Å². The normalized spacial score (nSPS) is 15.1. The summed E-state index contributed by atoms with van der Waals surface area (Å²) in [6, 6.07) is 41.7. The van der Waals surface area contributed by atoms with E-state index < -0.39 is 29.5 Å². The zero-order valence-electron chi connectivity index (χ0n) is 34.7. The van der Waals surface area contributed by atoms with E-state index in [-0.39, 0.29) is 32.8 Å². The van der Waals surface area contributed by atoms with Gasteiger partial charge in [0.05, 0.1) is 6.04 Å². The van der Waals surface area contributed by atoms with Gasteiger partial charge in [-0.25, -0.2) is 19.6 Å². The number of hydrogen-bond donors (Lipinski definition) is 0. The van der Waals surface area contributed by atoms with Crippen molar-refractivity contribution in [3.63, 3.8) is 0 Å². The fourth-order valence-electron chi connectivity index (χ4n) is 7.40. The molecular formula is C51H51Cl3N4O6. The fraction of sp³-hybridized carbons (Fsp3) is 0.255. The van der Waals surface area contributed by atoms with E-state index in [1.807, 2.05) is 128 Å². The molecule has 4 aromatic carbocycles. The molecule has 0 radical (unpaired) electrons. The van der Waals surface area contributed by atoms with Crippen LogP contribution in [0.1, 0.15) is 55.4 Å². The van der Waals surface area contributed by atoms with Crippen LogP contribution < -0.4 is 0 Å². The lowest BCUT2D eigenvalue weighted by atomic mass is 9.95. The van der Waals surface area contributed by atoms with Crippen molar-refractivity contribution in [3.05, 3.63) is 178 Å². The van der Waals surface area contributed by atoms with E-state index in [2.05, 4.69) is 22.1 Å². The number of rotatable bonds is 10. The summed E-state index contributed by atoms with van der Waals surface area (Å²) in [4.78, 5) is 60.0. The predicted molar refractivity (Wildman–Crippen MR) is 253 cm³/mol. The van der Waals surface area contributed by atoms with Crippen LogP contribution in [0.25, 0.3) is 22.3 Å². The SMILES string of the molecule is C.Cc1c(-c2ccccc2)ccnc1Cl.O=C(Cc1c(-c2ccccc2)ccnc1Cl)C1CCCN1C(=O)OCc1ccccc1.O=C(Cl)[C@@H]1CCCN1C(=O)OCc1ccccc1. The second-order valence-corrected chi connectivity index (χ2v) is 16.0. The van der Waals surface area contributed by atoms with Gasteiger partial charge in [-0.1, -0.05) is 152 Å². The van der Waals surface area contributed by atoms with Gasteiger partial charge in [0.15, 0.2) is 5.78 Å². The van der Waals surface area contributed by atoms with E-state index in [0.29, 0.717) is 41.8 Å². The van der Waals surface area contributed by atoms with Crippen LogP contribution in [0.5, 0.6) is 0 Å². The molecule has 0 bridgehead atoms. The number of pyridine rings is 2. The topological polar surface area (TPSA) is 119 Å². The van der Waals surface area contributed by atoms with Gasteiger partial charge in [-0.2, -0.15) is 0 Å². The summed E-state index contributed by atoms with van der Waals surface area (Å²) >= 11 is 17.8. The van der Waals surface area contributed by atoms with Crippen molar-refractivity contribution in [2.24, 2.45) is 0 Å². The molecule has 64 heavy (non-hydrogen) atoms. The molecule has 0 spiro atoms. The Balaban J connectivity index is 0.000000198. The molecule has 10 nitrogen and oxygen atoms in total. The van der Waals surface area contributed by atoms with Crippen LogP contribution in [0, 0.1) is 6.92 Å². The molecular weight excluding hydrogens is 871 g/mol. The van der Waals surface area contributed by atoms with Gasteiger partial charge in [0.25, 0.3) is 0 Å². The smallest absolute Gasteiger partial charge is 0.410 e. The summed E-state index contributed by atoms with van der Waals surface area (Å²) in [5.74, 6) is -0.0544. The molecule has 2 saturated heterocycles. The molecule has 2 fully saturated rings. The lowest BCUT2D eigenvalue weighted by molar-refractivity contribution is -0.122. The molecule has 2 atom stereocenters. The maximum atomic E-state index is 13.2. The molecule has 1 unspecified atom stereocenters. The summed E-state index contributed by atoms with van der Waals surface area (Å²) in [6.45, 7) is 3.41. The van der Waals surface area contributed by atoms with Crippen LogP contribution in [0.4, 0.5) is 9.59 Å². The van der Waals surface area contributed by atoms with Crippen molar-refractivity contribution >= 4 is 58.0 Å². The monoisotopic (exact) mass is 920 g/mol. The molecule has 2 amide bonds. The van der Waals surface area contributed by atoms with Gasteiger partial charge in [-0.15, -0.1) is 0 Å². The number of aromatic nitrogens is 2. The summed E-state index contributed by atoms with van der Waals surface area (Å²) in [5.41, 5.74) is 7.71. The van der Waals surface area contributed by atoms with E-state index in [0.717, 1.165) is 46.2 Å². The Bertz CT molecular complexity index is 2450. The molecule has 2 aromatic heterocycles. The lowest BCUT2D eigenvalue weighted by Gasteiger charge is -2.23. The minimum absolute atomic E-state index is 0. The lowest BCUT2D eigenvalue weighted by Crippen LogP contribution is -2.41. The van der Waals surface area contributed by atoms with Crippen molar-refractivity contribution in [2.45, 2.75) is 71.8 Å². The maximum Gasteiger partial charge on any atom is 0.410 e. The average molecular weight is 922 g/mol. The first-order valence-corrected chi connectivity index (χ1v) is 21.8. The second kappa shape index (κ2) is 24.7. The first-order chi connectivity index (χ1) is 30.6. The highest BCUT2D eigenvalue weighted by atomic mass is 35.5. The van der Waals surface area contributed by atoms with Gasteiger partial charge in [0, 0.05) is 37.5 Å². The average Bonchev–Trinajstić information content (AvgIpc) is 4.03. The second-order valence-electron chi connectivity index (χ2n) is 14.9. The van der Waals surface area contributed by atoms with Crippen LogP contribution in [-0.4, -0.2) is 68.2 Å². The van der Waals surface area contributed by atoms with Gasteiger partial charge >= 0.3 is 12.2 Å². The third-order valence-electron chi connectivity index (χ3n) is 10.7. The van der Waals surface area contributed by atoms with Crippen molar-refractivity contribution in [1.82, 2.24) is 19.8 Å². The Hall–Kier alpha value is -6.07. The van der Waals surface area contributed by atoms with E-state index in [1.54, 1.807) is 12.4 Å². The minimum atomic E-state index is -0.532. The quantitative estimate of drug-likeness (QED) is 0.0984. The molecule has 4 heterocycles. The van der Waals surface area contributed by atoms with Gasteiger partial charge < -0.3 is 9.47 Å². The molecule has 332 valence electrons. The van der Waals surface area contributed by atoms with E-state index in [9.17, 15) is 19.2 Å². The highest BCUT2D eigenvalue weighted by Crippen LogP contribution is 2.31. The van der Waals surface area contributed by atoms with Gasteiger partial charge in [-0.3, -0.25) is 19.4 Å². The maximum absolute atomic E-state index is 13.2. The largest absolute Gasteiger partial charge is 0.445 e. The molecule has 6 aromatic rings. The number of Topliss-reactive ketones (excluding diaryl/α,β-unsaturated/α-hetero) is 1. The number of halogens is 3. The standard InChI is InChI=1S/C25H23ClN2O3.C13H14ClNO3.C12H10ClN.CH4/c26-24-21(20(13-14-27-24)19-10-5-2-6-11-19)16-23(29)22-12-7-15-28(22)25(30)31-17-18-8-3-1-4-9-18;14-12(16)11-7-4-8-15(11)13(17)18-9-10-5-2-1-3-6-10;1-9-11(7-8-14-12(9)13)10-5-3-2-4-6-10;/h1-6,8-11,13-14,22H,7,12,15-17H2;1-3,5-6,11H,4,7-9H2;2-8H,1H3;1H4/t;11-;;/m.0../s1. The molecule has 0 N–H and O–H groups in total. The molecule has 0 saturated carbocycles. The number of ether oxygens (including phenoxy) is 2. The van der Waals surface area contributed by atoms with Gasteiger partial charge in [0.2, 0.25) is 5.24 Å². The summed E-state index contributed by atoms with van der Waals surface area (Å²) in [6.07, 6.45) is 5.34. The number of carbonyl (C=O) groups excluding carboxylic acids is 4. The van der Waals surface area contributed by atoms with Crippen molar-refractivity contribution < 1.29 is 28.7 Å². The van der Waals surface area contributed by atoms with Crippen molar-refractivity contribution in [1.29, 1.82) is 0 Å². The Morgan fingerprint density at radius 1 is 0.594 bits per heavy atom. The number of hydrogen-bond acceptors (Lipinski definition) is 8. The molecule has 2 aliphatic rings. The van der Waals surface area contributed by atoms with Crippen LogP contribution in [0.2, 0.25) is 10.3 Å². The van der Waals surface area contributed by atoms with E-state index in [1.165, 1.54) is 15.4 Å². The van der Waals surface area contributed by atoms with Crippen LogP contribution >= 0.6 is 34.8 Å². The predicted octanol–water partition coefficient (Wildman–Crippen LogP) is 12.2. The number of ketones is 1. The summed E-state index contributed by atoms with van der Waals surface area (Å²) in [7, 11) is 0. The summed E-state index contributed by atoms with van der Waals surface area (Å²) in [5, 5.41) is 0.390. The number of carbonyl (C=O) groups is 4. The Morgan fingerprint density at radius 3 is 1.52 bits per heavy atom. The van der Waals surface area contributed by atoms with Gasteiger partial charge in [-0.05, 0) is 95.3 Å². The van der Waals surface area contributed by atoms with E-state index in [4.69, 9.17) is 44.3 Å². The van der Waals surface area contributed by atoms with Crippen molar-refractivity contribution in [2.75, 3.05) is 13.1 Å². The Morgan fingerprint density at radius 2 is 1.02 bits per heavy atom. The number of nitrogens with zero attached hydrogens (tertiary/aromatic N) is 4. The van der Waals surface area contributed by atoms with Crippen LogP contribution in [-0.2, 0) is 38.7 Å². The first kappa shape index (κ1) is 49.0. The van der Waals surface area contributed by atoms with Crippen molar-refractivity contribution in [3.8, 4) is 22.3 Å². The highest BCUT2D eigenvalue weighted by Gasteiger charge is 2.36. The first-order valence-electron chi connectivity index (χ1n) is 20.6. The molecule has 2 aliphatic heterocycles.